The van der Waals surface area contributed by atoms with Gasteiger partial charge in [-0.3, -0.25) is 5.43 Å². The van der Waals surface area contributed by atoms with E-state index in [0.717, 1.165) is 12.1 Å². The third-order valence-corrected chi connectivity index (χ3v) is 2.36. The number of anilines is 1. The minimum absolute atomic E-state index is 0.159. The summed E-state index contributed by atoms with van der Waals surface area (Å²) in [6.45, 7) is 1.71. The first-order valence-electron chi connectivity index (χ1n) is 5.56. The summed E-state index contributed by atoms with van der Waals surface area (Å²) in [6, 6.07) is 5.85. The summed E-state index contributed by atoms with van der Waals surface area (Å²) in [6.07, 6.45) is -4.37. The molecule has 0 amide bonds. The summed E-state index contributed by atoms with van der Waals surface area (Å²) in [5.41, 5.74) is 2.14. The Kier molecular flexibility index (Phi) is 3.75. The van der Waals surface area contributed by atoms with Crippen LogP contribution in [0.1, 0.15) is 11.3 Å². The molecule has 20 heavy (non-hydrogen) atoms. The highest BCUT2D eigenvalue weighted by molar-refractivity contribution is 5.34. The Morgan fingerprint density at radius 2 is 1.80 bits per heavy atom. The molecule has 8 heteroatoms. The number of alkyl halides is 3. The first-order chi connectivity index (χ1) is 9.38. The molecule has 0 unspecified atom stereocenters. The number of hydrazine groups is 1. The van der Waals surface area contributed by atoms with Crippen molar-refractivity contribution in [1.29, 1.82) is 0 Å². The Labute approximate surface area is 112 Å². The van der Waals surface area contributed by atoms with Crippen molar-refractivity contribution in [3.8, 4) is 11.6 Å². The molecule has 3 N–H and O–H groups in total. The van der Waals surface area contributed by atoms with E-state index < -0.39 is 11.7 Å². The zero-order valence-electron chi connectivity index (χ0n) is 10.4. The molecule has 106 valence electrons. The van der Waals surface area contributed by atoms with Gasteiger partial charge in [-0.25, -0.2) is 10.8 Å². The van der Waals surface area contributed by atoms with Crippen LogP contribution in [-0.4, -0.2) is 9.97 Å². The number of aryl methyl sites for hydroxylation is 1. The van der Waals surface area contributed by atoms with Crippen molar-refractivity contribution in [2.75, 3.05) is 5.43 Å². The van der Waals surface area contributed by atoms with Crippen LogP contribution in [0.5, 0.6) is 11.6 Å². The second-order valence-electron chi connectivity index (χ2n) is 3.94. The monoisotopic (exact) mass is 284 g/mol. The van der Waals surface area contributed by atoms with Gasteiger partial charge in [0.25, 0.3) is 0 Å². The highest BCUT2D eigenvalue weighted by Crippen LogP contribution is 2.31. The Morgan fingerprint density at radius 1 is 1.15 bits per heavy atom. The predicted molar refractivity (Wildman–Crippen MR) is 66.1 cm³/mol. The van der Waals surface area contributed by atoms with E-state index in [1.807, 2.05) is 0 Å². The lowest BCUT2D eigenvalue weighted by atomic mass is 10.2. The smallest absolute Gasteiger partial charge is 0.416 e. The van der Waals surface area contributed by atoms with Gasteiger partial charge in [0.1, 0.15) is 5.75 Å². The van der Waals surface area contributed by atoms with Gasteiger partial charge in [0.05, 0.1) is 5.56 Å². The molecular formula is C12H11F3N4O. The number of aromatic nitrogens is 2. The zero-order chi connectivity index (χ0) is 14.8. The number of nitrogens with one attached hydrogen (secondary N) is 1. The number of hydrogen-bond acceptors (Lipinski definition) is 5. The maximum atomic E-state index is 12.4. The van der Waals surface area contributed by atoms with Crippen LogP contribution in [-0.2, 0) is 6.18 Å². The lowest BCUT2D eigenvalue weighted by Gasteiger charge is -2.09. The highest BCUT2D eigenvalue weighted by Gasteiger charge is 2.30. The van der Waals surface area contributed by atoms with Gasteiger partial charge in [-0.1, -0.05) is 0 Å². The average Bonchev–Trinajstić information content (AvgIpc) is 2.37. The van der Waals surface area contributed by atoms with Gasteiger partial charge >= 0.3 is 6.18 Å². The number of nitrogens with two attached hydrogens (primary N) is 1. The van der Waals surface area contributed by atoms with Gasteiger partial charge in [-0.2, -0.15) is 18.2 Å². The number of nitrogen functional groups attached to an aromatic ring is 1. The van der Waals surface area contributed by atoms with Gasteiger partial charge < -0.3 is 4.74 Å². The highest BCUT2D eigenvalue weighted by atomic mass is 19.4. The van der Waals surface area contributed by atoms with Gasteiger partial charge in [0.15, 0.2) is 0 Å². The van der Waals surface area contributed by atoms with Crippen LogP contribution < -0.4 is 16.0 Å². The van der Waals surface area contributed by atoms with Crippen LogP contribution >= 0.6 is 0 Å². The van der Waals surface area contributed by atoms with E-state index in [9.17, 15) is 13.2 Å². The molecule has 0 fully saturated rings. The number of nitrogens with zero attached hydrogens (tertiary/aromatic N) is 2. The molecule has 0 saturated carbocycles. The van der Waals surface area contributed by atoms with Crippen molar-refractivity contribution in [1.82, 2.24) is 9.97 Å². The topological polar surface area (TPSA) is 73.1 Å². The third kappa shape index (κ3) is 3.35. The van der Waals surface area contributed by atoms with E-state index in [4.69, 9.17) is 10.6 Å². The quantitative estimate of drug-likeness (QED) is 0.669. The van der Waals surface area contributed by atoms with Crippen LogP contribution in [0.15, 0.2) is 30.3 Å². The molecule has 0 bridgehead atoms. The summed E-state index contributed by atoms with van der Waals surface area (Å²) in [4.78, 5) is 7.89. The summed E-state index contributed by atoms with van der Waals surface area (Å²) in [5, 5.41) is 0. The van der Waals surface area contributed by atoms with Gasteiger partial charge in [0.2, 0.25) is 11.8 Å². The van der Waals surface area contributed by atoms with Crippen molar-refractivity contribution in [2.24, 2.45) is 5.84 Å². The van der Waals surface area contributed by atoms with Crippen molar-refractivity contribution in [3.05, 3.63) is 41.6 Å². The van der Waals surface area contributed by atoms with E-state index in [1.165, 1.54) is 12.1 Å². The fourth-order valence-corrected chi connectivity index (χ4v) is 1.49. The van der Waals surface area contributed by atoms with Gasteiger partial charge in [0, 0.05) is 11.8 Å². The maximum absolute atomic E-state index is 12.4. The average molecular weight is 284 g/mol. The normalized spacial score (nSPS) is 11.2. The van der Waals surface area contributed by atoms with E-state index in [0.29, 0.717) is 5.69 Å². The fourth-order valence-electron chi connectivity index (χ4n) is 1.49. The lowest BCUT2D eigenvalue weighted by Crippen LogP contribution is -2.11. The Morgan fingerprint density at radius 3 is 2.35 bits per heavy atom. The minimum atomic E-state index is -4.37. The summed E-state index contributed by atoms with van der Waals surface area (Å²) in [5.74, 6) is 5.77. The summed E-state index contributed by atoms with van der Waals surface area (Å²) in [7, 11) is 0. The third-order valence-electron chi connectivity index (χ3n) is 2.36. The molecule has 1 aromatic heterocycles. The molecule has 0 spiro atoms. The second kappa shape index (κ2) is 5.33. The van der Waals surface area contributed by atoms with Crippen LogP contribution in [0.25, 0.3) is 0 Å². The molecule has 2 aromatic rings. The SMILES string of the molecule is Cc1cc(Oc2ccc(C(F)(F)F)cc2)nc(NN)n1. The Hall–Kier alpha value is -2.35. The molecule has 0 saturated heterocycles. The zero-order valence-corrected chi connectivity index (χ0v) is 10.4. The van der Waals surface area contributed by atoms with Crippen molar-refractivity contribution >= 4 is 5.95 Å². The van der Waals surface area contributed by atoms with E-state index in [2.05, 4.69) is 15.4 Å². The van der Waals surface area contributed by atoms with Crippen molar-refractivity contribution in [2.45, 2.75) is 13.1 Å². The fraction of sp³-hybridized carbons (Fsp3) is 0.167. The Bertz CT molecular complexity index is 599. The molecule has 0 aliphatic carbocycles. The first-order valence-corrected chi connectivity index (χ1v) is 5.56. The lowest BCUT2D eigenvalue weighted by molar-refractivity contribution is -0.137. The molecule has 1 aromatic carbocycles. The van der Waals surface area contributed by atoms with Crippen LogP contribution in [0, 0.1) is 6.92 Å². The van der Waals surface area contributed by atoms with Gasteiger partial charge in [-0.15, -0.1) is 0 Å². The van der Waals surface area contributed by atoms with E-state index in [-0.39, 0.29) is 17.6 Å². The van der Waals surface area contributed by atoms with E-state index >= 15 is 0 Å². The number of benzene rings is 1. The first kappa shape index (κ1) is 14.1. The standard InChI is InChI=1S/C12H11F3N4O/c1-7-6-10(18-11(17-7)19-16)20-9-4-2-8(3-5-9)12(13,14)15/h2-6H,16H2,1H3,(H,17,18,19). The minimum Gasteiger partial charge on any atom is -0.439 e. The summed E-state index contributed by atoms with van der Waals surface area (Å²) >= 11 is 0. The van der Waals surface area contributed by atoms with Crippen LogP contribution in [0.4, 0.5) is 19.1 Å². The van der Waals surface area contributed by atoms with Crippen LogP contribution in [0.2, 0.25) is 0 Å². The van der Waals surface area contributed by atoms with Crippen molar-refractivity contribution < 1.29 is 17.9 Å². The Balaban J connectivity index is 2.20. The molecule has 0 radical (unpaired) electrons. The van der Waals surface area contributed by atoms with Crippen LogP contribution in [0.3, 0.4) is 0 Å². The molecule has 2 rings (SSSR count). The number of rotatable bonds is 3. The second-order valence-corrected chi connectivity index (χ2v) is 3.94. The predicted octanol–water partition coefficient (Wildman–Crippen LogP) is 2.88. The number of hydrogen-bond donors (Lipinski definition) is 2. The van der Waals surface area contributed by atoms with Gasteiger partial charge in [-0.05, 0) is 31.2 Å². The largest absolute Gasteiger partial charge is 0.439 e. The molecule has 0 aliphatic heterocycles. The number of halogens is 3. The number of ether oxygens (including phenoxy) is 1. The molecular weight excluding hydrogens is 273 g/mol. The summed E-state index contributed by atoms with van der Waals surface area (Å²) < 4.78 is 42.6. The molecule has 0 aliphatic rings. The van der Waals surface area contributed by atoms with Crippen molar-refractivity contribution in [3.63, 3.8) is 0 Å². The molecule has 1 heterocycles. The molecule has 0 atom stereocenters. The molecule has 5 nitrogen and oxygen atoms in total. The van der Waals surface area contributed by atoms with E-state index in [1.54, 1.807) is 13.0 Å². The maximum Gasteiger partial charge on any atom is 0.416 e.